The molecule has 5 rings (SSSR count). The number of hydrogen-bond donors (Lipinski definition) is 0. The van der Waals surface area contributed by atoms with Crippen LogP contribution in [0.5, 0.6) is 5.75 Å². The quantitative estimate of drug-likeness (QED) is 0.0721. The highest BCUT2D eigenvalue weighted by molar-refractivity contribution is 5.85. The molecule has 198 valence electrons. The Bertz CT molecular complexity index is 1540. The zero-order chi connectivity index (χ0) is 27.7. The molecule has 0 atom stereocenters. The first-order valence-electron chi connectivity index (χ1n) is 13.3. The maximum Gasteiger partial charge on any atom is 0.335 e. The summed E-state index contributed by atoms with van der Waals surface area (Å²) >= 11 is 0. The van der Waals surface area contributed by atoms with Gasteiger partial charge in [-0.1, -0.05) is 66.8 Å². The second-order valence-electron chi connectivity index (χ2n) is 9.38. The lowest BCUT2D eigenvalue weighted by Crippen LogP contribution is -2.15. The SMILES string of the molecule is C=CC(=O)Oc1ccc(N(c2ccc(C)cc2)c2ccc(C=NN(C3=CCCC=C3)c3ccccc3)cc2)cc1. The minimum Gasteiger partial charge on any atom is -0.423 e. The lowest BCUT2D eigenvalue weighted by Gasteiger charge is -2.26. The van der Waals surface area contributed by atoms with Crippen molar-refractivity contribution >= 4 is 34.9 Å². The number of esters is 1. The number of hydrazone groups is 1. The normalized spacial score (nSPS) is 12.6. The third-order valence-electron chi connectivity index (χ3n) is 6.47. The van der Waals surface area contributed by atoms with Gasteiger partial charge in [0.15, 0.2) is 0 Å². The van der Waals surface area contributed by atoms with Gasteiger partial charge in [0.2, 0.25) is 0 Å². The molecule has 0 aliphatic heterocycles. The summed E-state index contributed by atoms with van der Waals surface area (Å²) in [5.41, 5.74) is 7.21. The molecule has 4 aromatic rings. The average Bonchev–Trinajstić information content (AvgIpc) is 3.01. The lowest BCUT2D eigenvalue weighted by molar-refractivity contribution is -0.128. The fourth-order valence-electron chi connectivity index (χ4n) is 4.40. The molecular weight excluding hydrogens is 494 g/mol. The van der Waals surface area contributed by atoms with E-state index >= 15 is 0 Å². The van der Waals surface area contributed by atoms with Crippen molar-refractivity contribution in [3.8, 4) is 5.75 Å². The number of anilines is 4. The van der Waals surface area contributed by atoms with Gasteiger partial charge >= 0.3 is 5.97 Å². The molecule has 0 unspecified atom stereocenters. The summed E-state index contributed by atoms with van der Waals surface area (Å²) in [6.07, 6.45) is 11.6. The molecule has 0 bridgehead atoms. The van der Waals surface area contributed by atoms with Crippen LogP contribution in [0.15, 0.2) is 145 Å². The summed E-state index contributed by atoms with van der Waals surface area (Å²) < 4.78 is 5.26. The monoisotopic (exact) mass is 525 g/mol. The summed E-state index contributed by atoms with van der Waals surface area (Å²) in [6.45, 7) is 5.53. The van der Waals surface area contributed by atoms with E-state index in [0.717, 1.165) is 52.9 Å². The molecular formula is C35H31N3O2. The Hall–Kier alpha value is -5.16. The average molecular weight is 526 g/mol. The van der Waals surface area contributed by atoms with Crippen LogP contribution < -0.4 is 14.6 Å². The van der Waals surface area contributed by atoms with Crippen LogP contribution in [0, 0.1) is 6.92 Å². The highest BCUT2D eigenvalue weighted by atomic mass is 16.5. The molecule has 1 aliphatic rings. The minimum atomic E-state index is -0.484. The van der Waals surface area contributed by atoms with Crippen molar-refractivity contribution in [1.29, 1.82) is 0 Å². The van der Waals surface area contributed by atoms with Crippen LogP contribution in [-0.2, 0) is 4.79 Å². The smallest absolute Gasteiger partial charge is 0.335 e. The number of rotatable bonds is 9. The zero-order valence-corrected chi connectivity index (χ0v) is 22.5. The minimum absolute atomic E-state index is 0.468. The van der Waals surface area contributed by atoms with E-state index in [9.17, 15) is 4.79 Å². The van der Waals surface area contributed by atoms with Gasteiger partial charge in [-0.15, -0.1) is 0 Å². The Morgan fingerprint density at radius 3 is 2.02 bits per heavy atom. The molecule has 0 fully saturated rings. The molecule has 5 heteroatoms. The number of allylic oxidation sites excluding steroid dienone is 3. The highest BCUT2D eigenvalue weighted by Gasteiger charge is 2.14. The van der Waals surface area contributed by atoms with Gasteiger partial charge in [0.1, 0.15) is 5.75 Å². The molecule has 0 saturated carbocycles. The molecule has 0 aromatic heterocycles. The van der Waals surface area contributed by atoms with E-state index in [4.69, 9.17) is 9.84 Å². The van der Waals surface area contributed by atoms with Crippen LogP contribution in [-0.4, -0.2) is 12.2 Å². The number of ether oxygens (including phenoxy) is 1. The van der Waals surface area contributed by atoms with Gasteiger partial charge in [-0.25, -0.2) is 9.80 Å². The van der Waals surface area contributed by atoms with Crippen molar-refractivity contribution in [1.82, 2.24) is 0 Å². The van der Waals surface area contributed by atoms with Crippen molar-refractivity contribution in [3.63, 3.8) is 0 Å². The Morgan fingerprint density at radius 2 is 1.43 bits per heavy atom. The van der Waals surface area contributed by atoms with Gasteiger partial charge in [0.05, 0.1) is 17.6 Å². The van der Waals surface area contributed by atoms with Gasteiger partial charge in [0, 0.05) is 23.1 Å². The molecule has 4 aromatic carbocycles. The molecule has 1 aliphatic carbocycles. The maximum atomic E-state index is 11.6. The van der Waals surface area contributed by atoms with E-state index < -0.39 is 5.97 Å². The third kappa shape index (κ3) is 6.45. The van der Waals surface area contributed by atoms with E-state index in [1.54, 1.807) is 12.1 Å². The van der Waals surface area contributed by atoms with Crippen molar-refractivity contribution in [2.24, 2.45) is 5.10 Å². The molecule has 0 amide bonds. The van der Waals surface area contributed by atoms with E-state index in [-0.39, 0.29) is 0 Å². The van der Waals surface area contributed by atoms with Crippen molar-refractivity contribution in [2.75, 3.05) is 9.91 Å². The molecule has 5 nitrogen and oxygen atoms in total. The molecule has 0 N–H and O–H groups in total. The van der Waals surface area contributed by atoms with Crippen LogP contribution in [0.1, 0.15) is 24.0 Å². The summed E-state index contributed by atoms with van der Waals surface area (Å²) in [7, 11) is 0. The standard InChI is InChI=1S/C35H31N3O2/c1-3-35(39)40-34-24-22-31(23-25-34)37(29-18-14-27(2)15-19-29)30-20-16-28(17-21-30)26-36-38(32-10-6-4-7-11-32)33-12-8-5-9-13-33/h3-4,6-8,10-26H,1,5,9H2,2H3. The topological polar surface area (TPSA) is 45.1 Å². The first kappa shape index (κ1) is 26.4. The molecule has 0 radical (unpaired) electrons. The Morgan fingerprint density at radius 1 is 0.800 bits per heavy atom. The Kier molecular flexibility index (Phi) is 8.32. The van der Waals surface area contributed by atoms with E-state index in [2.05, 4.69) is 97.3 Å². The fraction of sp³-hybridized carbons (Fsp3) is 0.0857. The number of aryl methyl sites for hydroxylation is 1. The predicted octanol–water partition coefficient (Wildman–Crippen LogP) is 8.63. The van der Waals surface area contributed by atoms with E-state index in [0.29, 0.717) is 5.75 Å². The van der Waals surface area contributed by atoms with Crippen LogP contribution in [0.3, 0.4) is 0 Å². The van der Waals surface area contributed by atoms with Crippen LogP contribution in [0.4, 0.5) is 22.7 Å². The number of nitrogens with zero attached hydrogens (tertiary/aromatic N) is 3. The summed E-state index contributed by atoms with van der Waals surface area (Å²) in [6, 6.07) is 34.3. The lowest BCUT2D eigenvalue weighted by atomic mass is 10.1. The van der Waals surface area contributed by atoms with Crippen molar-refractivity contribution in [2.45, 2.75) is 19.8 Å². The first-order valence-corrected chi connectivity index (χ1v) is 13.3. The number of hydrogen-bond acceptors (Lipinski definition) is 5. The van der Waals surface area contributed by atoms with E-state index in [1.807, 2.05) is 41.6 Å². The highest BCUT2D eigenvalue weighted by Crippen LogP contribution is 2.35. The maximum absolute atomic E-state index is 11.6. The van der Waals surface area contributed by atoms with Crippen molar-refractivity contribution in [3.05, 3.63) is 151 Å². The number of carbonyl (C=O) groups excluding carboxylic acids is 1. The van der Waals surface area contributed by atoms with Crippen molar-refractivity contribution < 1.29 is 9.53 Å². The zero-order valence-electron chi connectivity index (χ0n) is 22.5. The molecule has 40 heavy (non-hydrogen) atoms. The number of para-hydroxylation sites is 1. The summed E-state index contributed by atoms with van der Waals surface area (Å²) in [5.74, 6) is -0.0167. The second-order valence-corrected chi connectivity index (χ2v) is 9.38. The largest absolute Gasteiger partial charge is 0.423 e. The number of benzene rings is 4. The second kappa shape index (κ2) is 12.6. The van der Waals surface area contributed by atoms with Gasteiger partial charge < -0.3 is 9.64 Å². The summed E-state index contributed by atoms with van der Waals surface area (Å²) in [4.78, 5) is 13.8. The fourth-order valence-corrected chi connectivity index (χ4v) is 4.40. The Labute approximate surface area is 235 Å². The van der Waals surface area contributed by atoms with Gasteiger partial charge in [-0.3, -0.25) is 0 Å². The van der Waals surface area contributed by atoms with E-state index in [1.165, 1.54) is 5.56 Å². The molecule has 0 spiro atoms. The van der Waals surface area contributed by atoms with Gasteiger partial charge in [-0.2, -0.15) is 5.10 Å². The predicted molar refractivity (Wildman–Crippen MR) is 165 cm³/mol. The number of carbonyl (C=O) groups is 1. The Balaban J connectivity index is 1.43. The molecule has 0 saturated heterocycles. The third-order valence-corrected chi connectivity index (χ3v) is 6.47. The molecule has 0 heterocycles. The van der Waals surface area contributed by atoms with Gasteiger partial charge in [-0.05, 0) is 92.1 Å². The summed E-state index contributed by atoms with van der Waals surface area (Å²) in [5, 5.41) is 6.83. The van der Waals surface area contributed by atoms with Gasteiger partial charge in [0.25, 0.3) is 0 Å². The van der Waals surface area contributed by atoms with Crippen LogP contribution >= 0.6 is 0 Å². The van der Waals surface area contributed by atoms with Crippen LogP contribution in [0.25, 0.3) is 0 Å². The van der Waals surface area contributed by atoms with Crippen LogP contribution in [0.2, 0.25) is 0 Å². The first-order chi connectivity index (χ1) is 19.6.